The van der Waals surface area contributed by atoms with Crippen LogP contribution in [0.3, 0.4) is 0 Å². The van der Waals surface area contributed by atoms with Crippen molar-refractivity contribution in [3.63, 3.8) is 0 Å². The van der Waals surface area contributed by atoms with Gasteiger partial charge in [0.05, 0.1) is 22.6 Å². The zero-order valence-electron chi connectivity index (χ0n) is 29.5. The minimum Gasteiger partial charge on any atom is -0.427 e. The summed E-state index contributed by atoms with van der Waals surface area (Å²) in [5.41, 5.74) is 12.4. The van der Waals surface area contributed by atoms with Gasteiger partial charge >= 0.3 is 7.48 Å². The summed E-state index contributed by atoms with van der Waals surface area (Å²) in [5, 5.41) is 10.8. The number of para-hydroxylation sites is 2. The Labute approximate surface area is 301 Å². The molecule has 2 aliphatic rings. The lowest BCUT2D eigenvalue weighted by atomic mass is 9.79. The van der Waals surface area contributed by atoms with Gasteiger partial charge in [0.2, 0.25) is 0 Å². The SMILES string of the molecule is CC1(C)c2ccccc2-c2cc(-c3cc([B]OC(C)(C)C(C)(C)O)cc(-c4ccc(N5c6ccccc6Sc6ccccc65)cc4)c3)ccc21. The summed E-state index contributed by atoms with van der Waals surface area (Å²) in [6.45, 7) is 12.0. The first-order valence-electron chi connectivity index (χ1n) is 17.3. The standard InChI is InChI=1S/C45H41BNO2S/c1-43(2)37-14-8-7-13-35(37)36-28-30(21-24-38(36)43)32-25-31(26-33(27-32)46-49-45(5,6)44(3,4)48)29-19-22-34(23-20-29)47-39-15-9-11-17-41(39)50-42-18-12-10-16-40(42)47/h7-28,48H,1-6H3. The lowest BCUT2D eigenvalue weighted by molar-refractivity contribution is -0.0893. The maximum absolute atomic E-state index is 10.8. The number of anilines is 3. The number of benzene rings is 6. The maximum atomic E-state index is 10.8. The van der Waals surface area contributed by atoms with Crippen molar-refractivity contribution in [2.75, 3.05) is 4.90 Å². The molecule has 0 fully saturated rings. The Morgan fingerprint density at radius 1 is 0.600 bits per heavy atom. The molecule has 0 unspecified atom stereocenters. The molecule has 1 aliphatic heterocycles. The van der Waals surface area contributed by atoms with E-state index >= 15 is 0 Å². The molecule has 0 saturated carbocycles. The number of nitrogens with zero attached hydrogens (tertiary/aromatic N) is 1. The number of hydrogen-bond acceptors (Lipinski definition) is 4. The highest BCUT2D eigenvalue weighted by Gasteiger charge is 2.37. The van der Waals surface area contributed by atoms with Gasteiger partial charge in [-0.3, -0.25) is 0 Å². The largest absolute Gasteiger partial charge is 0.427 e. The highest BCUT2D eigenvalue weighted by molar-refractivity contribution is 7.99. The van der Waals surface area contributed by atoms with E-state index in [4.69, 9.17) is 4.65 Å². The van der Waals surface area contributed by atoms with E-state index in [2.05, 4.69) is 152 Å². The minimum atomic E-state index is -1.02. The van der Waals surface area contributed by atoms with Crippen molar-refractivity contribution in [2.24, 2.45) is 0 Å². The average Bonchev–Trinajstić information content (AvgIpc) is 3.35. The summed E-state index contributed by atoms with van der Waals surface area (Å²) < 4.78 is 6.29. The molecule has 6 aromatic carbocycles. The van der Waals surface area contributed by atoms with E-state index < -0.39 is 11.2 Å². The minimum absolute atomic E-state index is 0.0441. The molecule has 6 aromatic rings. The van der Waals surface area contributed by atoms with E-state index in [1.54, 1.807) is 21.3 Å². The quantitative estimate of drug-likeness (QED) is 0.171. The van der Waals surface area contributed by atoms with E-state index in [9.17, 15) is 5.11 Å². The second-order valence-electron chi connectivity index (χ2n) is 15.0. The van der Waals surface area contributed by atoms with E-state index in [1.807, 2.05) is 25.6 Å². The molecule has 0 aromatic heterocycles. The molecule has 0 saturated heterocycles. The Kier molecular flexibility index (Phi) is 7.87. The van der Waals surface area contributed by atoms with Crippen LogP contribution >= 0.6 is 11.8 Å². The van der Waals surface area contributed by atoms with Gasteiger partial charge in [-0.15, -0.1) is 0 Å². The maximum Gasteiger partial charge on any atom is 0.330 e. The molecule has 1 aliphatic carbocycles. The zero-order chi connectivity index (χ0) is 34.8. The molecule has 0 amide bonds. The van der Waals surface area contributed by atoms with Crippen molar-refractivity contribution in [1.29, 1.82) is 0 Å². The molecular formula is C45H41BNO2S. The summed E-state index contributed by atoms with van der Waals surface area (Å²) in [5.74, 6) is 0. The van der Waals surface area contributed by atoms with E-state index in [1.165, 1.54) is 43.4 Å². The van der Waals surface area contributed by atoms with Gasteiger partial charge in [-0.25, -0.2) is 0 Å². The predicted octanol–water partition coefficient (Wildman–Crippen LogP) is 11.1. The molecule has 0 atom stereocenters. The van der Waals surface area contributed by atoms with Gasteiger partial charge in [0.25, 0.3) is 0 Å². The Morgan fingerprint density at radius 3 is 1.82 bits per heavy atom. The van der Waals surface area contributed by atoms with Gasteiger partial charge in [-0.05, 0) is 121 Å². The van der Waals surface area contributed by atoms with Gasteiger partial charge in [0, 0.05) is 20.9 Å². The normalized spacial score (nSPS) is 14.4. The van der Waals surface area contributed by atoms with Crippen LogP contribution in [0.2, 0.25) is 0 Å². The van der Waals surface area contributed by atoms with Crippen LogP contribution in [0.25, 0.3) is 33.4 Å². The number of aliphatic hydroxyl groups is 1. The van der Waals surface area contributed by atoms with Crippen LogP contribution in [0, 0.1) is 0 Å². The first-order chi connectivity index (χ1) is 23.9. The third-order valence-corrected chi connectivity index (χ3v) is 11.9. The van der Waals surface area contributed by atoms with Crippen molar-refractivity contribution in [3.05, 3.63) is 145 Å². The highest BCUT2D eigenvalue weighted by atomic mass is 32.2. The molecule has 8 rings (SSSR count). The van der Waals surface area contributed by atoms with Crippen LogP contribution < -0.4 is 10.4 Å². The molecule has 50 heavy (non-hydrogen) atoms. The molecule has 1 heterocycles. The lowest BCUT2D eigenvalue weighted by Crippen LogP contribution is -2.49. The molecule has 1 radical (unpaired) electrons. The summed E-state index contributed by atoms with van der Waals surface area (Å²) in [6.07, 6.45) is 0. The van der Waals surface area contributed by atoms with Crippen molar-refractivity contribution < 1.29 is 9.76 Å². The number of fused-ring (bicyclic) bond motifs is 5. The van der Waals surface area contributed by atoms with Crippen LogP contribution in [0.15, 0.2) is 143 Å². The van der Waals surface area contributed by atoms with Crippen molar-refractivity contribution in [3.8, 4) is 33.4 Å². The van der Waals surface area contributed by atoms with Gasteiger partial charge in [-0.1, -0.05) is 116 Å². The van der Waals surface area contributed by atoms with Crippen LogP contribution in [-0.4, -0.2) is 23.8 Å². The fourth-order valence-corrected chi connectivity index (χ4v) is 8.16. The molecule has 0 bridgehead atoms. The van der Waals surface area contributed by atoms with Crippen molar-refractivity contribution in [1.82, 2.24) is 0 Å². The van der Waals surface area contributed by atoms with Crippen LogP contribution in [0.4, 0.5) is 17.1 Å². The number of hydrogen-bond donors (Lipinski definition) is 1. The summed E-state index contributed by atoms with van der Waals surface area (Å²) >= 11 is 1.82. The first-order valence-corrected chi connectivity index (χ1v) is 18.1. The second-order valence-corrected chi connectivity index (χ2v) is 16.1. The van der Waals surface area contributed by atoms with Gasteiger partial charge in [0.15, 0.2) is 0 Å². The molecule has 1 N–H and O–H groups in total. The zero-order valence-corrected chi connectivity index (χ0v) is 30.3. The second kappa shape index (κ2) is 12.1. The monoisotopic (exact) mass is 670 g/mol. The van der Waals surface area contributed by atoms with E-state index in [0.717, 1.165) is 33.4 Å². The lowest BCUT2D eigenvalue weighted by Gasteiger charge is -2.37. The molecule has 0 spiro atoms. The predicted molar refractivity (Wildman–Crippen MR) is 211 cm³/mol. The Morgan fingerprint density at radius 2 is 1.16 bits per heavy atom. The van der Waals surface area contributed by atoms with Gasteiger partial charge in [-0.2, -0.15) is 0 Å². The van der Waals surface area contributed by atoms with Crippen LogP contribution in [-0.2, 0) is 10.1 Å². The first kappa shape index (κ1) is 32.6. The molecule has 5 heteroatoms. The van der Waals surface area contributed by atoms with E-state index in [0.29, 0.717) is 0 Å². The third-order valence-electron chi connectivity index (χ3n) is 10.7. The smallest absolute Gasteiger partial charge is 0.330 e. The van der Waals surface area contributed by atoms with Crippen molar-refractivity contribution in [2.45, 2.75) is 68.0 Å². The summed E-state index contributed by atoms with van der Waals surface area (Å²) in [4.78, 5) is 4.85. The molecule has 3 nitrogen and oxygen atoms in total. The van der Waals surface area contributed by atoms with Gasteiger partial charge < -0.3 is 14.7 Å². The van der Waals surface area contributed by atoms with Gasteiger partial charge in [0.1, 0.15) is 0 Å². The highest BCUT2D eigenvalue weighted by Crippen LogP contribution is 2.52. The molecule has 247 valence electrons. The summed E-state index contributed by atoms with van der Waals surface area (Å²) in [6, 6.07) is 48.4. The average molecular weight is 671 g/mol. The fraction of sp³-hybridized carbons (Fsp3) is 0.200. The summed E-state index contributed by atoms with van der Waals surface area (Å²) in [7, 11) is 1.80. The van der Waals surface area contributed by atoms with Crippen LogP contribution in [0.1, 0.15) is 52.7 Å². The topological polar surface area (TPSA) is 32.7 Å². The van der Waals surface area contributed by atoms with E-state index in [-0.39, 0.29) is 5.41 Å². The van der Waals surface area contributed by atoms with Crippen molar-refractivity contribution >= 4 is 41.8 Å². The van der Waals surface area contributed by atoms with Crippen LogP contribution in [0.5, 0.6) is 0 Å². The number of rotatable bonds is 7. The fourth-order valence-electron chi connectivity index (χ4n) is 7.10. The third kappa shape index (κ3) is 5.58. The Hall–Kier alpha value is -4.55. The molecular weight excluding hydrogens is 629 g/mol. The Bertz CT molecular complexity index is 2200. The Balaban J connectivity index is 1.20.